The van der Waals surface area contributed by atoms with Crippen molar-refractivity contribution in [3.05, 3.63) is 77.9 Å². The van der Waals surface area contributed by atoms with Crippen molar-refractivity contribution in [2.24, 2.45) is 0 Å². The molecule has 1 aliphatic heterocycles. The molecule has 0 radical (unpaired) electrons. The Kier molecular flexibility index (Phi) is 9.05. The summed E-state index contributed by atoms with van der Waals surface area (Å²) in [7, 11) is 4.85. The molecular formula is C29H34N4O5. The van der Waals surface area contributed by atoms with Crippen molar-refractivity contribution in [1.82, 2.24) is 5.32 Å². The molecule has 0 saturated carbocycles. The van der Waals surface area contributed by atoms with Crippen molar-refractivity contribution < 1.29 is 23.8 Å². The van der Waals surface area contributed by atoms with Gasteiger partial charge in [-0.2, -0.15) is 0 Å². The molecular weight excluding hydrogens is 484 g/mol. The highest BCUT2D eigenvalue weighted by molar-refractivity contribution is 6.06. The van der Waals surface area contributed by atoms with E-state index in [1.807, 2.05) is 30.3 Å². The average Bonchev–Trinajstić information content (AvgIpc) is 2.97. The molecule has 4 rings (SSSR count). The van der Waals surface area contributed by atoms with Crippen LogP contribution in [0.15, 0.2) is 66.7 Å². The summed E-state index contributed by atoms with van der Waals surface area (Å²) in [6, 6.07) is 20.3. The Morgan fingerprint density at radius 1 is 0.789 bits per heavy atom. The van der Waals surface area contributed by atoms with Gasteiger partial charge in [-0.15, -0.1) is 0 Å². The highest BCUT2D eigenvalue weighted by Crippen LogP contribution is 2.31. The molecule has 1 fully saturated rings. The zero-order chi connectivity index (χ0) is 26.9. The van der Waals surface area contributed by atoms with Crippen LogP contribution in [-0.2, 0) is 4.74 Å². The number of hydrogen-bond acceptors (Lipinski definition) is 7. The van der Waals surface area contributed by atoms with Crippen LogP contribution < -0.4 is 29.9 Å². The number of para-hydroxylation sites is 2. The Morgan fingerprint density at radius 2 is 1.47 bits per heavy atom. The van der Waals surface area contributed by atoms with Crippen LogP contribution in [-0.4, -0.2) is 72.5 Å². The van der Waals surface area contributed by atoms with Gasteiger partial charge in [0.2, 0.25) is 0 Å². The van der Waals surface area contributed by atoms with Gasteiger partial charge in [0.25, 0.3) is 11.8 Å². The Balaban J connectivity index is 1.52. The third-order valence-electron chi connectivity index (χ3n) is 6.49. The smallest absolute Gasteiger partial charge is 0.255 e. The number of amides is 2. The van der Waals surface area contributed by atoms with Gasteiger partial charge in [-0.1, -0.05) is 12.1 Å². The van der Waals surface area contributed by atoms with E-state index in [2.05, 4.69) is 26.5 Å². The van der Waals surface area contributed by atoms with Crippen LogP contribution in [0.1, 0.15) is 20.7 Å². The van der Waals surface area contributed by atoms with Gasteiger partial charge in [-0.25, -0.2) is 0 Å². The summed E-state index contributed by atoms with van der Waals surface area (Å²) in [6.45, 7) is 3.81. The fraction of sp³-hybridized carbons (Fsp3) is 0.310. The summed E-state index contributed by atoms with van der Waals surface area (Å²) >= 11 is 0. The van der Waals surface area contributed by atoms with E-state index < -0.39 is 0 Å². The van der Waals surface area contributed by atoms with E-state index in [9.17, 15) is 9.59 Å². The summed E-state index contributed by atoms with van der Waals surface area (Å²) < 4.78 is 15.8. The van der Waals surface area contributed by atoms with Crippen LogP contribution in [0.3, 0.4) is 0 Å². The summed E-state index contributed by atoms with van der Waals surface area (Å²) in [5.41, 5.74) is 3.41. The lowest BCUT2D eigenvalue weighted by molar-refractivity contribution is 0.0936. The highest BCUT2D eigenvalue weighted by atomic mass is 16.5. The number of methoxy groups -OCH3 is 3. The first-order valence-electron chi connectivity index (χ1n) is 12.5. The number of ether oxygens (including phenoxy) is 3. The minimum atomic E-state index is -0.267. The summed E-state index contributed by atoms with van der Waals surface area (Å²) in [4.78, 5) is 30.5. The highest BCUT2D eigenvalue weighted by Gasteiger charge is 2.24. The first kappa shape index (κ1) is 26.8. The van der Waals surface area contributed by atoms with Crippen LogP contribution >= 0.6 is 0 Å². The second-order valence-corrected chi connectivity index (χ2v) is 8.81. The third-order valence-corrected chi connectivity index (χ3v) is 6.49. The summed E-state index contributed by atoms with van der Waals surface area (Å²) in [6.07, 6.45) is 0. The molecule has 2 N–H and O–H groups in total. The van der Waals surface area contributed by atoms with Gasteiger partial charge in [0.05, 0.1) is 32.1 Å². The Hall–Kier alpha value is -4.24. The number of rotatable bonds is 10. The van der Waals surface area contributed by atoms with Crippen molar-refractivity contribution >= 4 is 28.9 Å². The largest absolute Gasteiger partial charge is 0.497 e. The number of carbonyl (C=O) groups is 2. The zero-order valence-electron chi connectivity index (χ0n) is 22.0. The van der Waals surface area contributed by atoms with E-state index in [4.69, 9.17) is 14.2 Å². The first-order chi connectivity index (χ1) is 18.5. The number of nitrogens with one attached hydrogen (secondary N) is 2. The van der Waals surface area contributed by atoms with Gasteiger partial charge in [0, 0.05) is 56.8 Å². The molecule has 0 atom stereocenters. The molecule has 1 heterocycles. The maximum atomic E-state index is 13.2. The van der Waals surface area contributed by atoms with Crippen LogP contribution in [0, 0.1) is 0 Å². The van der Waals surface area contributed by atoms with Crippen LogP contribution in [0.25, 0.3) is 0 Å². The van der Waals surface area contributed by atoms with E-state index >= 15 is 0 Å². The molecule has 38 heavy (non-hydrogen) atoms. The normalized spacial score (nSPS) is 13.1. The molecule has 1 saturated heterocycles. The summed E-state index contributed by atoms with van der Waals surface area (Å²) in [5.74, 6) is 1.03. The van der Waals surface area contributed by atoms with E-state index in [-0.39, 0.29) is 11.8 Å². The predicted octanol–water partition coefficient (Wildman–Crippen LogP) is 3.66. The van der Waals surface area contributed by atoms with E-state index in [1.165, 1.54) is 0 Å². The lowest BCUT2D eigenvalue weighted by atomic mass is 10.1. The number of piperazine rings is 1. The lowest BCUT2D eigenvalue weighted by Gasteiger charge is -2.38. The van der Waals surface area contributed by atoms with Gasteiger partial charge in [0.1, 0.15) is 11.5 Å². The maximum absolute atomic E-state index is 13.2. The van der Waals surface area contributed by atoms with Crippen molar-refractivity contribution in [3.8, 4) is 11.5 Å². The summed E-state index contributed by atoms with van der Waals surface area (Å²) in [5, 5.41) is 5.81. The fourth-order valence-corrected chi connectivity index (χ4v) is 4.46. The fourth-order valence-electron chi connectivity index (χ4n) is 4.46. The maximum Gasteiger partial charge on any atom is 0.255 e. The third kappa shape index (κ3) is 6.36. The zero-order valence-corrected chi connectivity index (χ0v) is 22.0. The van der Waals surface area contributed by atoms with Crippen molar-refractivity contribution in [3.63, 3.8) is 0 Å². The SMILES string of the molecule is COCCNC(=O)c1cc(NC(=O)c2ccc(OC)cc2)ccc1N1CCN(c2ccccc2OC)CC1. The Labute approximate surface area is 223 Å². The van der Waals surface area contributed by atoms with Crippen molar-refractivity contribution in [1.29, 1.82) is 0 Å². The Morgan fingerprint density at radius 3 is 2.13 bits per heavy atom. The molecule has 0 aliphatic carbocycles. The number of hydrogen-bond donors (Lipinski definition) is 2. The van der Waals surface area contributed by atoms with Gasteiger partial charge in [-0.05, 0) is 54.6 Å². The minimum absolute atomic E-state index is 0.218. The predicted molar refractivity (Wildman–Crippen MR) is 149 cm³/mol. The van der Waals surface area contributed by atoms with Gasteiger partial charge < -0.3 is 34.6 Å². The molecule has 0 spiro atoms. The van der Waals surface area contributed by atoms with Crippen molar-refractivity contribution in [2.45, 2.75) is 0 Å². The number of benzene rings is 3. The second kappa shape index (κ2) is 12.8. The van der Waals surface area contributed by atoms with Crippen LogP contribution in [0.5, 0.6) is 11.5 Å². The van der Waals surface area contributed by atoms with E-state index in [1.54, 1.807) is 51.7 Å². The molecule has 0 aromatic heterocycles. The van der Waals surface area contributed by atoms with Gasteiger partial charge in [-0.3, -0.25) is 9.59 Å². The average molecular weight is 519 g/mol. The molecule has 200 valence electrons. The lowest BCUT2D eigenvalue weighted by Crippen LogP contribution is -2.47. The molecule has 9 heteroatoms. The van der Waals surface area contributed by atoms with Crippen LogP contribution in [0.4, 0.5) is 17.1 Å². The minimum Gasteiger partial charge on any atom is -0.497 e. The standard InChI is InChI=1S/C29H34N4O5/c1-36-19-14-30-29(35)24-20-22(31-28(34)21-8-11-23(37-2)12-9-21)10-13-25(24)32-15-17-33(18-16-32)26-6-4-5-7-27(26)38-3/h4-13,20H,14-19H2,1-3H3,(H,30,35)(H,31,34). The topological polar surface area (TPSA) is 92.4 Å². The number of anilines is 3. The Bertz CT molecular complexity index is 1240. The molecule has 9 nitrogen and oxygen atoms in total. The molecule has 0 unspecified atom stereocenters. The molecule has 3 aromatic rings. The number of nitrogens with zero attached hydrogens (tertiary/aromatic N) is 2. The van der Waals surface area contributed by atoms with E-state index in [0.717, 1.165) is 43.3 Å². The molecule has 0 bridgehead atoms. The van der Waals surface area contributed by atoms with Gasteiger partial charge >= 0.3 is 0 Å². The quantitative estimate of drug-likeness (QED) is 0.396. The van der Waals surface area contributed by atoms with Crippen molar-refractivity contribution in [2.75, 3.05) is 75.8 Å². The molecule has 2 amide bonds. The first-order valence-corrected chi connectivity index (χ1v) is 12.5. The van der Waals surface area contributed by atoms with E-state index in [0.29, 0.717) is 35.7 Å². The van der Waals surface area contributed by atoms with Gasteiger partial charge in [0.15, 0.2) is 0 Å². The molecule has 3 aromatic carbocycles. The number of carbonyl (C=O) groups excluding carboxylic acids is 2. The van der Waals surface area contributed by atoms with Crippen LogP contribution in [0.2, 0.25) is 0 Å². The second-order valence-electron chi connectivity index (χ2n) is 8.81. The monoisotopic (exact) mass is 518 g/mol. The molecule has 1 aliphatic rings.